The standard InChI is InChI=1S/C7H6ClF2NO/c1-3-4(12)2-5(8)11-6(3)7(9)10/h2,7H,1H3,(H,11,12). The Labute approximate surface area is 72.2 Å². The zero-order valence-electron chi connectivity index (χ0n) is 6.20. The minimum atomic E-state index is -2.70. The highest BCUT2D eigenvalue weighted by atomic mass is 35.5. The van der Waals surface area contributed by atoms with Crippen molar-refractivity contribution in [3.05, 3.63) is 32.7 Å². The summed E-state index contributed by atoms with van der Waals surface area (Å²) in [4.78, 5) is 13.2. The van der Waals surface area contributed by atoms with Crippen LogP contribution in [0.4, 0.5) is 8.78 Å². The number of halogens is 3. The normalized spacial score (nSPS) is 10.8. The van der Waals surface area contributed by atoms with E-state index in [9.17, 15) is 13.6 Å². The Hall–Kier alpha value is -0.900. The van der Waals surface area contributed by atoms with Gasteiger partial charge in [-0.25, -0.2) is 8.78 Å². The molecule has 1 aromatic rings. The average Bonchev–Trinajstić information content (AvgIpc) is 1.96. The van der Waals surface area contributed by atoms with E-state index in [2.05, 4.69) is 4.98 Å². The Morgan fingerprint density at radius 3 is 2.67 bits per heavy atom. The zero-order chi connectivity index (χ0) is 9.30. The Bertz CT molecular complexity index is 348. The average molecular weight is 194 g/mol. The minimum absolute atomic E-state index is 0.00870. The van der Waals surface area contributed by atoms with E-state index in [1.165, 1.54) is 6.92 Å². The topological polar surface area (TPSA) is 32.9 Å². The number of hydrogen-bond donors (Lipinski definition) is 1. The molecule has 0 amide bonds. The molecule has 0 aromatic carbocycles. The van der Waals surface area contributed by atoms with Crippen LogP contribution in [0.3, 0.4) is 0 Å². The molecule has 0 saturated heterocycles. The van der Waals surface area contributed by atoms with Crippen molar-refractivity contribution in [2.45, 2.75) is 13.3 Å². The minimum Gasteiger partial charge on any atom is -0.344 e. The van der Waals surface area contributed by atoms with Crippen molar-refractivity contribution in [2.75, 3.05) is 0 Å². The van der Waals surface area contributed by atoms with Gasteiger partial charge in [-0.1, -0.05) is 11.6 Å². The molecule has 0 spiro atoms. The monoisotopic (exact) mass is 193 g/mol. The Kier molecular flexibility index (Phi) is 2.47. The molecule has 0 unspecified atom stereocenters. The molecule has 5 heteroatoms. The van der Waals surface area contributed by atoms with E-state index in [1.807, 2.05) is 0 Å². The molecule has 0 fully saturated rings. The van der Waals surface area contributed by atoms with Gasteiger partial charge in [0.25, 0.3) is 6.43 Å². The van der Waals surface area contributed by atoms with Gasteiger partial charge in [0.2, 0.25) is 0 Å². The highest BCUT2D eigenvalue weighted by Crippen LogP contribution is 2.19. The molecule has 0 aliphatic carbocycles. The maximum Gasteiger partial charge on any atom is 0.278 e. The summed E-state index contributed by atoms with van der Waals surface area (Å²) in [7, 11) is 0. The fraction of sp³-hybridized carbons (Fsp3) is 0.286. The number of hydrogen-bond acceptors (Lipinski definition) is 1. The van der Waals surface area contributed by atoms with E-state index < -0.39 is 17.5 Å². The van der Waals surface area contributed by atoms with E-state index in [-0.39, 0.29) is 10.7 Å². The van der Waals surface area contributed by atoms with Crippen LogP contribution in [0.2, 0.25) is 5.15 Å². The maximum atomic E-state index is 12.2. The molecule has 12 heavy (non-hydrogen) atoms. The Morgan fingerprint density at radius 1 is 1.58 bits per heavy atom. The number of H-pyrrole nitrogens is 1. The summed E-state index contributed by atoms with van der Waals surface area (Å²) < 4.78 is 24.3. The second-order valence-electron chi connectivity index (χ2n) is 2.32. The summed E-state index contributed by atoms with van der Waals surface area (Å²) in [6.45, 7) is 1.33. The number of aromatic amines is 1. The Balaban J connectivity index is 3.38. The largest absolute Gasteiger partial charge is 0.344 e. The number of aromatic nitrogens is 1. The predicted octanol–water partition coefficient (Wildman–Crippen LogP) is 2.27. The molecule has 0 aliphatic heterocycles. The van der Waals surface area contributed by atoms with Gasteiger partial charge < -0.3 is 4.98 Å². The fourth-order valence-electron chi connectivity index (χ4n) is 0.833. The van der Waals surface area contributed by atoms with Crippen molar-refractivity contribution in [3.63, 3.8) is 0 Å². The first kappa shape index (κ1) is 9.19. The third kappa shape index (κ3) is 1.64. The van der Waals surface area contributed by atoms with Gasteiger partial charge in [0.15, 0.2) is 5.43 Å². The molecule has 1 heterocycles. The van der Waals surface area contributed by atoms with Crippen molar-refractivity contribution in [2.24, 2.45) is 0 Å². The summed E-state index contributed by atoms with van der Waals surface area (Å²) in [5.41, 5.74) is -0.879. The summed E-state index contributed by atoms with van der Waals surface area (Å²) in [6, 6.07) is 1.07. The van der Waals surface area contributed by atoms with Gasteiger partial charge in [0.1, 0.15) is 5.15 Å². The van der Waals surface area contributed by atoms with E-state index in [4.69, 9.17) is 11.6 Å². The molecule has 0 radical (unpaired) electrons. The molecular weight excluding hydrogens is 188 g/mol. The van der Waals surface area contributed by atoms with Gasteiger partial charge >= 0.3 is 0 Å². The third-order valence-corrected chi connectivity index (χ3v) is 1.71. The molecule has 0 bridgehead atoms. The van der Waals surface area contributed by atoms with Gasteiger partial charge in [-0.05, 0) is 6.92 Å². The van der Waals surface area contributed by atoms with Crippen LogP contribution in [0.25, 0.3) is 0 Å². The lowest BCUT2D eigenvalue weighted by Gasteiger charge is -2.03. The fourth-order valence-corrected chi connectivity index (χ4v) is 1.03. The number of alkyl halides is 2. The van der Waals surface area contributed by atoms with Crippen LogP contribution in [0, 0.1) is 6.92 Å². The number of nitrogens with one attached hydrogen (secondary N) is 1. The van der Waals surface area contributed by atoms with Crippen LogP contribution in [0.15, 0.2) is 10.9 Å². The van der Waals surface area contributed by atoms with Crippen molar-refractivity contribution in [1.82, 2.24) is 4.98 Å². The summed E-state index contributed by atoms with van der Waals surface area (Å²) >= 11 is 5.38. The van der Waals surface area contributed by atoms with Crippen LogP contribution < -0.4 is 5.43 Å². The number of rotatable bonds is 1. The molecule has 0 saturated carbocycles. The van der Waals surface area contributed by atoms with Gasteiger partial charge in [0.05, 0.1) is 5.69 Å². The van der Waals surface area contributed by atoms with Crippen molar-refractivity contribution in [1.29, 1.82) is 0 Å². The highest BCUT2D eigenvalue weighted by Gasteiger charge is 2.13. The molecule has 66 valence electrons. The quantitative estimate of drug-likeness (QED) is 0.682. The van der Waals surface area contributed by atoms with E-state index >= 15 is 0 Å². The maximum absolute atomic E-state index is 12.2. The Morgan fingerprint density at radius 2 is 2.17 bits per heavy atom. The first-order valence-electron chi connectivity index (χ1n) is 3.20. The summed E-state index contributed by atoms with van der Waals surface area (Å²) in [5.74, 6) is 0. The van der Waals surface area contributed by atoms with Crippen LogP contribution in [0.1, 0.15) is 17.7 Å². The van der Waals surface area contributed by atoms with Crippen molar-refractivity contribution in [3.8, 4) is 0 Å². The van der Waals surface area contributed by atoms with Crippen LogP contribution in [-0.4, -0.2) is 4.98 Å². The first-order chi connectivity index (χ1) is 5.52. The van der Waals surface area contributed by atoms with Crippen LogP contribution >= 0.6 is 11.6 Å². The second-order valence-corrected chi connectivity index (χ2v) is 2.73. The van der Waals surface area contributed by atoms with Crippen LogP contribution in [0.5, 0.6) is 0 Å². The third-order valence-electron chi connectivity index (χ3n) is 1.50. The number of pyridine rings is 1. The SMILES string of the molecule is Cc1c(C(F)F)[nH]c(Cl)cc1=O. The molecule has 1 N–H and O–H groups in total. The van der Waals surface area contributed by atoms with Crippen molar-refractivity contribution >= 4 is 11.6 Å². The molecule has 0 atom stereocenters. The molecule has 0 aliphatic rings. The van der Waals surface area contributed by atoms with E-state index in [0.717, 1.165) is 6.07 Å². The highest BCUT2D eigenvalue weighted by molar-refractivity contribution is 6.29. The lowest BCUT2D eigenvalue weighted by molar-refractivity contribution is 0.145. The van der Waals surface area contributed by atoms with E-state index in [1.54, 1.807) is 0 Å². The lowest BCUT2D eigenvalue weighted by Crippen LogP contribution is -2.09. The smallest absolute Gasteiger partial charge is 0.278 e. The molecule has 1 aromatic heterocycles. The lowest BCUT2D eigenvalue weighted by atomic mass is 10.2. The molecular formula is C7H6ClF2NO. The van der Waals surface area contributed by atoms with E-state index in [0.29, 0.717) is 0 Å². The molecule has 2 nitrogen and oxygen atoms in total. The van der Waals surface area contributed by atoms with Gasteiger partial charge in [-0.2, -0.15) is 0 Å². The second kappa shape index (κ2) is 3.23. The van der Waals surface area contributed by atoms with Crippen LogP contribution in [-0.2, 0) is 0 Å². The van der Waals surface area contributed by atoms with Crippen molar-refractivity contribution < 1.29 is 8.78 Å². The first-order valence-corrected chi connectivity index (χ1v) is 3.57. The zero-order valence-corrected chi connectivity index (χ0v) is 6.95. The van der Waals surface area contributed by atoms with Gasteiger partial charge in [-0.3, -0.25) is 4.79 Å². The summed E-state index contributed by atoms with van der Waals surface area (Å²) in [6.07, 6.45) is -2.70. The molecule has 1 rings (SSSR count). The predicted molar refractivity (Wildman–Crippen MR) is 41.8 cm³/mol. The van der Waals surface area contributed by atoms with Gasteiger partial charge in [0, 0.05) is 11.6 Å². The summed E-state index contributed by atoms with van der Waals surface area (Å²) in [5, 5.41) is -0.0686. The van der Waals surface area contributed by atoms with Gasteiger partial charge in [-0.15, -0.1) is 0 Å².